The largest absolute Gasteiger partial charge is 0.481 e. The zero-order valence-corrected chi connectivity index (χ0v) is 17.6. The van der Waals surface area contributed by atoms with Gasteiger partial charge >= 0.3 is 5.97 Å². The summed E-state index contributed by atoms with van der Waals surface area (Å²) >= 11 is 0. The summed E-state index contributed by atoms with van der Waals surface area (Å²) < 4.78 is 18.9. The Morgan fingerprint density at radius 3 is 2.30 bits per heavy atom. The van der Waals surface area contributed by atoms with Crippen LogP contribution in [0.3, 0.4) is 0 Å². The van der Waals surface area contributed by atoms with E-state index in [2.05, 4.69) is 10.3 Å². The molecule has 1 heterocycles. The highest BCUT2D eigenvalue weighted by molar-refractivity contribution is 6.00. The summed E-state index contributed by atoms with van der Waals surface area (Å²) in [5.74, 6) is -2.39. The van der Waals surface area contributed by atoms with Gasteiger partial charge in [0.25, 0.3) is 6.01 Å². The van der Waals surface area contributed by atoms with E-state index in [1.807, 2.05) is 36.4 Å². The van der Waals surface area contributed by atoms with Gasteiger partial charge in [-0.05, 0) is 48.2 Å². The van der Waals surface area contributed by atoms with Crippen LogP contribution in [0.1, 0.15) is 29.6 Å². The molecule has 0 bridgehead atoms. The molecule has 1 aromatic heterocycles. The van der Waals surface area contributed by atoms with Crippen LogP contribution in [-0.4, -0.2) is 21.8 Å². The van der Waals surface area contributed by atoms with E-state index < -0.39 is 17.8 Å². The molecule has 33 heavy (non-hydrogen) atoms. The zero-order chi connectivity index (χ0) is 22.9. The number of hydrogen-bond acceptors (Lipinski definition) is 5. The number of benzene rings is 3. The highest BCUT2D eigenvalue weighted by Gasteiger charge is 2.37. The van der Waals surface area contributed by atoms with Gasteiger partial charge in [0.05, 0.1) is 5.92 Å². The quantitative estimate of drug-likeness (QED) is 0.351. The smallest absolute Gasteiger partial charge is 0.307 e. The predicted molar refractivity (Wildman–Crippen MR) is 122 cm³/mol. The number of anilines is 2. The molecule has 0 saturated heterocycles. The number of oxazole rings is 1. The van der Waals surface area contributed by atoms with Crippen molar-refractivity contribution >= 4 is 34.6 Å². The molecule has 0 radical (unpaired) electrons. The second-order valence-corrected chi connectivity index (χ2v) is 8.26. The van der Waals surface area contributed by atoms with Gasteiger partial charge in [0.1, 0.15) is 11.3 Å². The predicted octanol–water partition coefficient (Wildman–Crippen LogP) is 6.06. The number of nitrogens with zero attached hydrogens (tertiary/aromatic N) is 1. The Hall–Kier alpha value is -4.00. The Balaban J connectivity index is 1.29. The number of nitrogens with one attached hydrogen (secondary N) is 1. The van der Waals surface area contributed by atoms with E-state index in [0.717, 1.165) is 23.2 Å². The van der Waals surface area contributed by atoms with E-state index in [1.165, 1.54) is 12.1 Å². The fraction of sp³-hybridized carbons (Fsp3) is 0.192. The third-order valence-corrected chi connectivity index (χ3v) is 6.16. The number of fused-ring (bicyclic) bond motifs is 1. The monoisotopic (exact) mass is 444 g/mol. The number of halogens is 1. The molecule has 1 aliphatic carbocycles. The SMILES string of the molecule is O=C(O)C1CCC[C@H]1C(=O)c1ccc(-c2ccc(Nc3nc4ccc(F)cc4o3)cc2)cc1. The molecule has 7 heteroatoms. The first kappa shape index (κ1) is 20.9. The number of hydrogen-bond donors (Lipinski definition) is 2. The average Bonchev–Trinajstić information content (AvgIpc) is 3.46. The van der Waals surface area contributed by atoms with Crippen LogP contribution in [-0.2, 0) is 4.79 Å². The highest BCUT2D eigenvalue weighted by Crippen LogP contribution is 2.35. The number of Topliss-reactive ketones (excluding diaryl/α,β-unsaturated/α-hetero) is 1. The van der Waals surface area contributed by atoms with Crippen LogP contribution in [0.25, 0.3) is 22.2 Å². The van der Waals surface area contributed by atoms with Crippen LogP contribution in [0.2, 0.25) is 0 Å². The third kappa shape index (κ3) is 4.22. The molecule has 2 N–H and O–H groups in total. The van der Waals surface area contributed by atoms with Gasteiger partial charge in [0.15, 0.2) is 11.4 Å². The minimum atomic E-state index is -0.888. The first-order valence-corrected chi connectivity index (χ1v) is 10.8. The first-order chi connectivity index (χ1) is 16.0. The lowest BCUT2D eigenvalue weighted by molar-refractivity contribution is -0.142. The number of carbonyl (C=O) groups is 2. The molecular formula is C26H21FN2O4. The topological polar surface area (TPSA) is 92.4 Å². The summed E-state index contributed by atoms with van der Waals surface area (Å²) in [7, 11) is 0. The molecule has 0 aliphatic heterocycles. The molecule has 0 spiro atoms. The van der Waals surface area contributed by atoms with Gasteiger partial charge in [-0.15, -0.1) is 0 Å². The summed E-state index contributed by atoms with van der Waals surface area (Å²) in [5, 5.41) is 12.4. The lowest BCUT2D eigenvalue weighted by atomic mass is 9.88. The molecule has 2 atom stereocenters. The van der Waals surface area contributed by atoms with Crippen molar-refractivity contribution in [3.63, 3.8) is 0 Å². The van der Waals surface area contributed by atoms with Crippen molar-refractivity contribution < 1.29 is 23.5 Å². The number of carboxylic acid groups (broad SMARTS) is 1. The third-order valence-electron chi connectivity index (χ3n) is 6.16. The first-order valence-electron chi connectivity index (χ1n) is 10.8. The normalized spacial score (nSPS) is 17.8. The van der Waals surface area contributed by atoms with Crippen LogP contribution in [0.5, 0.6) is 0 Å². The van der Waals surface area contributed by atoms with Crippen LogP contribution < -0.4 is 5.32 Å². The van der Waals surface area contributed by atoms with E-state index in [1.54, 1.807) is 18.2 Å². The summed E-state index contributed by atoms with van der Waals surface area (Å²) in [4.78, 5) is 28.5. The van der Waals surface area contributed by atoms with E-state index >= 15 is 0 Å². The Kier molecular flexibility index (Phi) is 5.38. The summed E-state index contributed by atoms with van der Waals surface area (Å²) in [6.07, 6.45) is 1.96. The van der Waals surface area contributed by atoms with Crippen molar-refractivity contribution in [1.29, 1.82) is 0 Å². The van der Waals surface area contributed by atoms with Gasteiger partial charge in [-0.3, -0.25) is 9.59 Å². The molecular weight excluding hydrogens is 423 g/mol. The molecule has 166 valence electrons. The molecule has 1 saturated carbocycles. The highest BCUT2D eigenvalue weighted by atomic mass is 19.1. The van der Waals surface area contributed by atoms with Gasteiger partial charge in [-0.2, -0.15) is 4.98 Å². The standard InChI is InChI=1S/C26H21FN2O4/c27-18-10-13-22-23(14-18)33-26(29-22)28-19-11-8-16(9-12-19)15-4-6-17(7-5-15)24(30)20-2-1-3-21(20)25(31)32/h4-14,20-21H,1-3H2,(H,28,29)(H,31,32)/t20-,21?/m1/s1. The Morgan fingerprint density at radius 2 is 1.61 bits per heavy atom. The van der Waals surface area contributed by atoms with Crippen LogP contribution in [0.15, 0.2) is 71.1 Å². The van der Waals surface area contributed by atoms with Gasteiger partial charge in [-0.1, -0.05) is 42.8 Å². The zero-order valence-electron chi connectivity index (χ0n) is 17.6. The maximum atomic E-state index is 13.3. The van der Waals surface area contributed by atoms with Gasteiger partial charge in [0, 0.05) is 23.2 Å². The van der Waals surface area contributed by atoms with Crippen molar-refractivity contribution in [3.8, 4) is 11.1 Å². The molecule has 3 aromatic carbocycles. The van der Waals surface area contributed by atoms with Gasteiger partial charge in [0.2, 0.25) is 0 Å². The molecule has 6 nitrogen and oxygen atoms in total. The minimum Gasteiger partial charge on any atom is -0.481 e. The van der Waals surface area contributed by atoms with Crippen molar-refractivity contribution in [2.45, 2.75) is 19.3 Å². The minimum absolute atomic E-state index is 0.0933. The van der Waals surface area contributed by atoms with Crippen molar-refractivity contribution in [3.05, 3.63) is 78.1 Å². The lowest BCUT2D eigenvalue weighted by Gasteiger charge is -2.14. The van der Waals surface area contributed by atoms with Crippen LogP contribution in [0.4, 0.5) is 16.1 Å². The van der Waals surface area contributed by atoms with Crippen molar-refractivity contribution in [2.24, 2.45) is 11.8 Å². The number of carbonyl (C=O) groups excluding carboxylic acids is 1. The van der Waals surface area contributed by atoms with Crippen LogP contribution in [0, 0.1) is 17.7 Å². The average molecular weight is 444 g/mol. The van der Waals surface area contributed by atoms with Gasteiger partial charge in [-0.25, -0.2) is 4.39 Å². The second-order valence-electron chi connectivity index (χ2n) is 8.26. The molecule has 1 aliphatic rings. The second kappa shape index (κ2) is 8.50. The van der Waals surface area contributed by atoms with E-state index in [-0.39, 0.29) is 17.6 Å². The summed E-state index contributed by atoms with van der Waals surface area (Å²) in [6, 6.07) is 19.3. The Morgan fingerprint density at radius 1 is 0.939 bits per heavy atom. The van der Waals surface area contributed by atoms with E-state index in [4.69, 9.17) is 4.42 Å². The number of rotatable bonds is 6. The van der Waals surface area contributed by atoms with Crippen molar-refractivity contribution in [1.82, 2.24) is 4.98 Å². The number of aliphatic carboxylic acids is 1. The lowest BCUT2D eigenvalue weighted by Crippen LogP contribution is -2.25. The van der Waals surface area contributed by atoms with Crippen molar-refractivity contribution in [2.75, 3.05) is 5.32 Å². The molecule has 1 unspecified atom stereocenters. The fourth-order valence-corrected chi connectivity index (χ4v) is 4.43. The Bertz CT molecular complexity index is 1330. The van der Waals surface area contributed by atoms with Crippen LogP contribution >= 0.6 is 0 Å². The maximum Gasteiger partial charge on any atom is 0.307 e. The molecule has 1 fully saturated rings. The Labute approximate surface area is 189 Å². The van der Waals surface area contributed by atoms with E-state index in [0.29, 0.717) is 29.5 Å². The molecule has 4 aromatic rings. The fourth-order valence-electron chi connectivity index (χ4n) is 4.43. The molecule has 0 amide bonds. The summed E-state index contributed by atoms with van der Waals surface area (Å²) in [6.45, 7) is 0. The number of ketones is 1. The number of carboxylic acids is 1. The van der Waals surface area contributed by atoms with E-state index in [9.17, 15) is 19.1 Å². The molecule has 5 rings (SSSR count). The number of aromatic nitrogens is 1. The summed E-state index contributed by atoms with van der Waals surface area (Å²) in [5.41, 5.74) is 4.15. The maximum absolute atomic E-state index is 13.3. The van der Waals surface area contributed by atoms with Gasteiger partial charge < -0.3 is 14.8 Å².